The summed E-state index contributed by atoms with van der Waals surface area (Å²) < 4.78 is 0. The molecule has 0 spiro atoms. The zero-order valence-electron chi connectivity index (χ0n) is 11.5. The van der Waals surface area contributed by atoms with Crippen LogP contribution in [0.5, 0.6) is 0 Å². The molecule has 0 radical (unpaired) electrons. The molecular weight excluding hydrogens is 242 g/mol. The van der Waals surface area contributed by atoms with E-state index in [-0.39, 0.29) is 0 Å². The molecule has 2 rings (SSSR count). The van der Waals surface area contributed by atoms with E-state index in [1.54, 1.807) is 0 Å². The van der Waals surface area contributed by atoms with Gasteiger partial charge in [-0.3, -0.25) is 0 Å². The largest absolute Gasteiger partial charge is 0.311 e. The van der Waals surface area contributed by atoms with Crippen LogP contribution in [0.4, 0.5) is 0 Å². The average molecular weight is 266 g/mol. The maximum atomic E-state index is 6.04. The van der Waals surface area contributed by atoms with Crippen LogP contribution in [0.15, 0.2) is 24.3 Å². The van der Waals surface area contributed by atoms with Gasteiger partial charge in [0, 0.05) is 17.1 Å². The number of benzene rings is 1. The molecular formula is C16H24ClN. The van der Waals surface area contributed by atoms with Crippen molar-refractivity contribution in [2.24, 2.45) is 0 Å². The SMILES string of the molecule is CCCC(CC)NC1CC(c2cccc(Cl)c2)C1. The molecule has 1 aliphatic carbocycles. The van der Waals surface area contributed by atoms with Crippen molar-refractivity contribution in [1.82, 2.24) is 5.32 Å². The lowest BCUT2D eigenvalue weighted by Crippen LogP contribution is -2.45. The molecule has 0 aliphatic heterocycles. The van der Waals surface area contributed by atoms with Crippen LogP contribution in [0.1, 0.15) is 57.4 Å². The van der Waals surface area contributed by atoms with Crippen LogP contribution in [0.3, 0.4) is 0 Å². The molecule has 0 bridgehead atoms. The quantitative estimate of drug-likeness (QED) is 0.782. The van der Waals surface area contributed by atoms with Gasteiger partial charge in [-0.15, -0.1) is 0 Å². The summed E-state index contributed by atoms with van der Waals surface area (Å²) in [7, 11) is 0. The van der Waals surface area contributed by atoms with E-state index in [4.69, 9.17) is 11.6 Å². The molecule has 1 aromatic rings. The smallest absolute Gasteiger partial charge is 0.0408 e. The number of halogens is 1. The zero-order valence-corrected chi connectivity index (χ0v) is 12.2. The van der Waals surface area contributed by atoms with Crippen LogP contribution in [0, 0.1) is 0 Å². The third-order valence-corrected chi connectivity index (χ3v) is 4.29. The standard InChI is InChI=1S/C16H24ClN/c1-3-6-15(4-2)18-16-10-13(11-16)12-7-5-8-14(17)9-12/h5,7-9,13,15-16,18H,3-4,6,10-11H2,1-2H3. The molecule has 1 fully saturated rings. The molecule has 1 atom stereocenters. The van der Waals surface area contributed by atoms with E-state index in [2.05, 4.69) is 37.4 Å². The highest BCUT2D eigenvalue weighted by Gasteiger charge is 2.31. The Bertz CT molecular complexity index is 371. The zero-order chi connectivity index (χ0) is 13.0. The van der Waals surface area contributed by atoms with Crippen molar-refractivity contribution < 1.29 is 0 Å². The highest BCUT2D eigenvalue weighted by Crippen LogP contribution is 2.38. The van der Waals surface area contributed by atoms with Crippen molar-refractivity contribution in [2.75, 3.05) is 0 Å². The predicted molar refractivity (Wildman–Crippen MR) is 79.3 cm³/mol. The summed E-state index contributed by atoms with van der Waals surface area (Å²) in [6, 6.07) is 9.76. The number of hydrogen-bond donors (Lipinski definition) is 1. The van der Waals surface area contributed by atoms with Gasteiger partial charge >= 0.3 is 0 Å². The van der Waals surface area contributed by atoms with Gasteiger partial charge in [-0.2, -0.15) is 0 Å². The Morgan fingerprint density at radius 1 is 1.33 bits per heavy atom. The molecule has 0 saturated heterocycles. The fourth-order valence-electron chi connectivity index (χ4n) is 2.87. The van der Waals surface area contributed by atoms with Crippen LogP contribution in [-0.2, 0) is 0 Å². The van der Waals surface area contributed by atoms with E-state index < -0.39 is 0 Å². The van der Waals surface area contributed by atoms with Gasteiger partial charge in [-0.1, -0.05) is 44.0 Å². The summed E-state index contributed by atoms with van der Waals surface area (Å²) in [5.74, 6) is 0.709. The van der Waals surface area contributed by atoms with Gasteiger partial charge in [0.1, 0.15) is 0 Å². The number of nitrogens with one attached hydrogen (secondary N) is 1. The molecule has 1 aromatic carbocycles. The first-order chi connectivity index (χ1) is 8.72. The molecule has 2 heteroatoms. The third kappa shape index (κ3) is 3.49. The molecule has 0 heterocycles. The monoisotopic (exact) mass is 265 g/mol. The number of rotatable bonds is 6. The lowest BCUT2D eigenvalue weighted by Gasteiger charge is -2.38. The second kappa shape index (κ2) is 6.58. The number of hydrogen-bond acceptors (Lipinski definition) is 1. The van der Waals surface area contributed by atoms with E-state index in [1.165, 1.54) is 37.7 Å². The van der Waals surface area contributed by atoms with Gasteiger partial charge in [0.15, 0.2) is 0 Å². The second-order valence-corrected chi connectivity index (χ2v) is 5.92. The van der Waals surface area contributed by atoms with Gasteiger partial charge in [0.25, 0.3) is 0 Å². The summed E-state index contributed by atoms with van der Waals surface area (Å²) in [5.41, 5.74) is 1.41. The average Bonchev–Trinajstić information content (AvgIpc) is 2.31. The first kappa shape index (κ1) is 13.9. The van der Waals surface area contributed by atoms with Crippen molar-refractivity contribution >= 4 is 11.6 Å². The molecule has 1 N–H and O–H groups in total. The van der Waals surface area contributed by atoms with Gasteiger partial charge in [-0.05, 0) is 49.3 Å². The molecule has 100 valence electrons. The normalized spacial score (nSPS) is 24.6. The van der Waals surface area contributed by atoms with Gasteiger partial charge in [-0.25, -0.2) is 0 Å². The van der Waals surface area contributed by atoms with Crippen LogP contribution < -0.4 is 5.32 Å². The summed E-state index contributed by atoms with van der Waals surface area (Å²) in [6.07, 6.45) is 6.35. The highest BCUT2D eigenvalue weighted by atomic mass is 35.5. The molecule has 18 heavy (non-hydrogen) atoms. The van der Waals surface area contributed by atoms with E-state index >= 15 is 0 Å². The lowest BCUT2D eigenvalue weighted by atomic mass is 9.75. The van der Waals surface area contributed by atoms with E-state index in [1.807, 2.05) is 6.07 Å². The van der Waals surface area contributed by atoms with Crippen LogP contribution in [0.25, 0.3) is 0 Å². The van der Waals surface area contributed by atoms with Gasteiger partial charge < -0.3 is 5.32 Å². The van der Waals surface area contributed by atoms with Crippen LogP contribution in [-0.4, -0.2) is 12.1 Å². The van der Waals surface area contributed by atoms with E-state index in [0.29, 0.717) is 18.0 Å². The fourth-order valence-corrected chi connectivity index (χ4v) is 3.07. The minimum Gasteiger partial charge on any atom is -0.311 e. The Kier molecular flexibility index (Phi) is 5.08. The molecule has 0 amide bonds. The fraction of sp³-hybridized carbons (Fsp3) is 0.625. The first-order valence-corrected chi connectivity index (χ1v) is 7.62. The maximum absolute atomic E-state index is 6.04. The Labute approximate surface area is 116 Å². The van der Waals surface area contributed by atoms with Crippen molar-refractivity contribution in [3.8, 4) is 0 Å². The predicted octanol–water partition coefficient (Wildman–Crippen LogP) is 4.75. The highest BCUT2D eigenvalue weighted by molar-refractivity contribution is 6.30. The second-order valence-electron chi connectivity index (χ2n) is 5.48. The molecule has 1 nitrogen and oxygen atoms in total. The Balaban J connectivity index is 1.80. The Morgan fingerprint density at radius 3 is 2.72 bits per heavy atom. The summed E-state index contributed by atoms with van der Waals surface area (Å²) in [6.45, 7) is 4.54. The van der Waals surface area contributed by atoms with Crippen molar-refractivity contribution in [3.63, 3.8) is 0 Å². The Morgan fingerprint density at radius 2 is 2.11 bits per heavy atom. The lowest BCUT2D eigenvalue weighted by molar-refractivity contribution is 0.255. The topological polar surface area (TPSA) is 12.0 Å². The third-order valence-electron chi connectivity index (χ3n) is 4.06. The van der Waals surface area contributed by atoms with Gasteiger partial charge in [0.2, 0.25) is 0 Å². The minimum atomic E-state index is 0.709. The summed E-state index contributed by atoms with van der Waals surface area (Å²) in [4.78, 5) is 0. The van der Waals surface area contributed by atoms with E-state index in [0.717, 1.165) is 5.02 Å². The van der Waals surface area contributed by atoms with Crippen LogP contribution >= 0.6 is 11.6 Å². The van der Waals surface area contributed by atoms with Crippen molar-refractivity contribution in [2.45, 2.75) is 64.0 Å². The molecule has 0 aromatic heterocycles. The van der Waals surface area contributed by atoms with Gasteiger partial charge in [0.05, 0.1) is 0 Å². The van der Waals surface area contributed by atoms with Crippen molar-refractivity contribution in [1.29, 1.82) is 0 Å². The summed E-state index contributed by atoms with van der Waals surface area (Å²) >= 11 is 6.04. The molecule has 1 saturated carbocycles. The van der Waals surface area contributed by atoms with Crippen LogP contribution in [0.2, 0.25) is 5.02 Å². The van der Waals surface area contributed by atoms with Crippen molar-refractivity contribution in [3.05, 3.63) is 34.9 Å². The molecule has 1 unspecified atom stereocenters. The first-order valence-electron chi connectivity index (χ1n) is 7.24. The maximum Gasteiger partial charge on any atom is 0.0408 e. The van der Waals surface area contributed by atoms with E-state index in [9.17, 15) is 0 Å². The Hall–Kier alpha value is -0.530. The molecule has 1 aliphatic rings. The summed E-state index contributed by atoms with van der Waals surface area (Å²) in [5, 5.41) is 4.65. The minimum absolute atomic E-state index is 0.709.